The maximum Gasteiger partial charge on any atom is 0.191 e. The van der Waals surface area contributed by atoms with Crippen LogP contribution < -0.4 is 20.1 Å². The largest absolute Gasteiger partial charge is 0.494 e. The van der Waals surface area contributed by atoms with Gasteiger partial charge in [0.2, 0.25) is 0 Å². The monoisotopic (exact) mass is 445 g/mol. The molecule has 0 aliphatic carbocycles. The Kier molecular flexibility index (Phi) is 7.43. The molecule has 1 heterocycles. The van der Waals surface area contributed by atoms with Crippen LogP contribution in [0.25, 0.3) is 0 Å². The van der Waals surface area contributed by atoms with Crippen molar-refractivity contribution < 1.29 is 17.9 Å². The minimum absolute atomic E-state index is 0.181. The molecule has 1 atom stereocenters. The van der Waals surface area contributed by atoms with Crippen molar-refractivity contribution in [1.29, 1.82) is 0 Å². The Hall–Kier alpha value is -2.74. The van der Waals surface area contributed by atoms with Crippen molar-refractivity contribution in [2.75, 3.05) is 19.4 Å². The first-order valence-corrected chi connectivity index (χ1v) is 12.5. The van der Waals surface area contributed by atoms with E-state index in [1.165, 1.54) is 11.8 Å². The van der Waals surface area contributed by atoms with E-state index in [0.717, 1.165) is 35.6 Å². The molecule has 7 nitrogen and oxygen atoms in total. The summed E-state index contributed by atoms with van der Waals surface area (Å²) in [5.41, 5.74) is 3.12. The van der Waals surface area contributed by atoms with Crippen LogP contribution in [0.15, 0.2) is 46.3 Å². The van der Waals surface area contributed by atoms with Crippen LogP contribution in [0.1, 0.15) is 37.5 Å². The predicted octanol–water partition coefficient (Wildman–Crippen LogP) is 3.07. The van der Waals surface area contributed by atoms with Crippen molar-refractivity contribution in [3.63, 3.8) is 0 Å². The van der Waals surface area contributed by atoms with E-state index in [2.05, 4.69) is 28.6 Å². The van der Waals surface area contributed by atoms with Crippen LogP contribution in [0.5, 0.6) is 11.5 Å². The smallest absolute Gasteiger partial charge is 0.191 e. The van der Waals surface area contributed by atoms with Gasteiger partial charge in [0, 0.05) is 36.9 Å². The van der Waals surface area contributed by atoms with Gasteiger partial charge in [0.05, 0.1) is 18.0 Å². The number of rotatable bonds is 8. The zero-order valence-corrected chi connectivity index (χ0v) is 19.4. The normalized spacial score (nSPS) is 15.9. The van der Waals surface area contributed by atoms with Crippen LogP contribution in [0.4, 0.5) is 0 Å². The Morgan fingerprint density at radius 1 is 1.19 bits per heavy atom. The van der Waals surface area contributed by atoms with Crippen LogP contribution in [0, 0.1) is 0 Å². The van der Waals surface area contributed by atoms with E-state index in [-0.39, 0.29) is 6.10 Å². The molecule has 0 amide bonds. The highest BCUT2D eigenvalue weighted by molar-refractivity contribution is 7.90. The Balaban J connectivity index is 1.71. The molecule has 1 aliphatic rings. The van der Waals surface area contributed by atoms with Gasteiger partial charge in [0.1, 0.15) is 17.6 Å². The number of ether oxygens (including phenoxy) is 2. The molecule has 31 heavy (non-hydrogen) atoms. The fraction of sp³-hybridized carbons (Fsp3) is 0.435. The second kappa shape index (κ2) is 10.0. The van der Waals surface area contributed by atoms with E-state index in [1.807, 2.05) is 19.9 Å². The van der Waals surface area contributed by atoms with Crippen molar-refractivity contribution >= 4 is 15.8 Å². The SMILES string of the molecule is CCNC(=NCc1ccc(S(C)(=O)=O)cc1)NCc1cc2c(cc1OCC)CC(C)O2. The van der Waals surface area contributed by atoms with Crippen LogP contribution in [0.2, 0.25) is 0 Å². The van der Waals surface area contributed by atoms with E-state index in [9.17, 15) is 8.42 Å². The van der Waals surface area contributed by atoms with E-state index in [0.29, 0.717) is 30.6 Å². The summed E-state index contributed by atoms with van der Waals surface area (Å²) < 4.78 is 35.0. The van der Waals surface area contributed by atoms with Gasteiger partial charge in [-0.25, -0.2) is 13.4 Å². The van der Waals surface area contributed by atoms with Gasteiger partial charge in [-0.1, -0.05) is 12.1 Å². The van der Waals surface area contributed by atoms with Gasteiger partial charge in [-0.3, -0.25) is 0 Å². The molecule has 168 valence electrons. The Morgan fingerprint density at radius 3 is 2.58 bits per heavy atom. The van der Waals surface area contributed by atoms with Crippen molar-refractivity contribution in [2.45, 2.75) is 51.3 Å². The molecule has 2 aromatic carbocycles. The lowest BCUT2D eigenvalue weighted by Gasteiger charge is -2.15. The van der Waals surface area contributed by atoms with Gasteiger partial charge in [-0.05, 0) is 50.6 Å². The first kappa shape index (κ1) is 22.9. The lowest BCUT2D eigenvalue weighted by atomic mass is 10.1. The van der Waals surface area contributed by atoms with Crippen LogP contribution in [-0.2, 0) is 29.3 Å². The minimum atomic E-state index is -3.20. The molecule has 0 spiro atoms. The Labute approximate surface area is 184 Å². The molecule has 3 rings (SSSR count). The predicted molar refractivity (Wildman–Crippen MR) is 123 cm³/mol. The van der Waals surface area contributed by atoms with E-state index >= 15 is 0 Å². The lowest BCUT2D eigenvalue weighted by Crippen LogP contribution is -2.36. The molecule has 8 heteroatoms. The summed E-state index contributed by atoms with van der Waals surface area (Å²) in [5, 5.41) is 6.59. The summed E-state index contributed by atoms with van der Waals surface area (Å²) >= 11 is 0. The molecule has 0 aromatic heterocycles. The highest BCUT2D eigenvalue weighted by Crippen LogP contribution is 2.35. The van der Waals surface area contributed by atoms with E-state index in [4.69, 9.17) is 9.47 Å². The maximum atomic E-state index is 11.6. The first-order chi connectivity index (χ1) is 14.8. The molecule has 1 unspecified atom stereocenters. The highest BCUT2D eigenvalue weighted by Gasteiger charge is 2.22. The zero-order chi connectivity index (χ0) is 22.4. The number of aliphatic imine (C=N–C) groups is 1. The quantitative estimate of drug-likeness (QED) is 0.480. The molecule has 0 bridgehead atoms. The molecule has 0 saturated carbocycles. The third-order valence-corrected chi connectivity index (χ3v) is 6.07. The summed E-state index contributed by atoms with van der Waals surface area (Å²) in [5.74, 6) is 2.45. The molecule has 2 N–H and O–H groups in total. The van der Waals surface area contributed by atoms with Crippen LogP contribution in [0.3, 0.4) is 0 Å². The first-order valence-electron chi connectivity index (χ1n) is 10.6. The number of sulfone groups is 1. The van der Waals surface area contributed by atoms with Crippen molar-refractivity contribution in [1.82, 2.24) is 10.6 Å². The maximum absolute atomic E-state index is 11.6. The summed E-state index contributed by atoms with van der Waals surface area (Å²) in [6, 6.07) is 10.9. The summed E-state index contributed by atoms with van der Waals surface area (Å²) in [4.78, 5) is 4.93. The number of hydrogen-bond donors (Lipinski definition) is 2. The number of fused-ring (bicyclic) bond motifs is 1. The minimum Gasteiger partial charge on any atom is -0.494 e. The van der Waals surface area contributed by atoms with E-state index in [1.54, 1.807) is 24.3 Å². The third kappa shape index (κ3) is 6.13. The number of benzene rings is 2. The van der Waals surface area contributed by atoms with Crippen LogP contribution >= 0.6 is 0 Å². The number of nitrogens with zero attached hydrogens (tertiary/aromatic N) is 1. The molecular formula is C23H31N3O4S. The zero-order valence-electron chi connectivity index (χ0n) is 18.6. The molecule has 0 radical (unpaired) electrons. The molecule has 0 saturated heterocycles. The van der Waals surface area contributed by atoms with Crippen molar-refractivity contribution in [3.05, 3.63) is 53.1 Å². The Bertz CT molecular complexity index is 1030. The average Bonchev–Trinajstić information content (AvgIpc) is 3.08. The summed E-state index contributed by atoms with van der Waals surface area (Å²) in [6.45, 7) is 8.35. The average molecular weight is 446 g/mol. The second-order valence-electron chi connectivity index (χ2n) is 7.60. The van der Waals surface area contributed by atoms with Crippen LogP contribution in [-0.4, -0.2) is 39.9 Å². The summed E-state index contributed by atoms with van der Waals surface area (Å²) in [7, 11) is -3.20. The number of nitrogens with one attached hydrogen (secondary N) is 2. The topological polar surface area (TPSA) is 89.0 Å². The molecule has 1 aliphatic heterocycles. The molecule has 0 fully saturated rings. The fourth-order valence-electron chi connectivity index (χ4n) is 3.44. The van der Waals surface area contributed by atoms with Crippen molar-refractivity contribution in [2.24, 2.45) is 4.99 Å². The van der Waals surface area contributed by atoms with E-state index < -0.39 is 9.84 Å². The van der Waals surface area contributed by atoms with Gasteiger partial charge < -0.3 is 20.1 Å². The fourth-order valence-corrected chi connectivity index (χ4v) is 4.07. The van der Waals surface area contributed by atoms with Gasteiger partial charge in [0.15, 0.2) is 15.8 Å². The molecular weight excluding hydrogens is 414 g/mol. The third-order valence-electron chi connectivity index (χ3n) is 4.94. The second-order valence-corrected chi connectivity index (χ2v) is 9.61. The number of guanidine groups is 1. The lowest BCUT2D eigenvalue weighted by molar-refractivity contribution is 0.254. The van der Waals surface area contributed by atoms with Gasteiger partial charge in [0.25, 0.3) is 0 Å². The van der Waals surface area contributed by atoms with Gasteiger partial charge in [-0.2, -0.15) is 0 Å². The van der Waals surface area contributed by atoms with Gasteiger partial charge in [-0.15, -0.1) is 0 Å². The Morgan fingerprint density at radius 2 is 1.94 bits per heavy atom. The highest BCUT2D eigenvalue weighted by atomic mass is 32.2. The van der Waals surface area contributed by atoms with Gasteiger partial charge >= 0.3 is 0 Å². The number of hydrogen-bond acceptors (Lipinski definition) is 5. The summed E-state index contributed by atoms with van der Waals surface area (Å²) in [6.07, 6.45) is 2.28. The molecule has 2 aromatic rings. The standard InChI is InChI=1S/C23H31N3O4S/c1-5-24-23(25-14-17-7-9-20(10-8-17)31(4,27)28)26-15-19-13-22-18(11-16(3)30-22)12-21(19)29-6-2/h7-10,12-13,16H,5-6,11,14-15H2,1-4H3,(H2,24,25,26). The van der Waals surface area contributed by atoms with Crippen molar-refractivity contribution in [3.8, 4) is 11.5 Å².